The average Bonchev–Trinajstić information content (AvgIpc) is 2.36. The van der Waals surface area contributed by atoms with E-state index >= 15 is 0 Å². The Balaban J connectivity index is 2.59. The molecular weight excluding hydrogens is 216 g/mol. The van der Waals surface area contributed by atoms with Gasteiger partial charge < -0.3 is 15.8 Å². The number of nitrogens with one attached hydrogen (secondary N) is 1. The minimum atomic E-state index is -0.426. The molecular formula is C13H20N2O2. The van der Waals surface area contributed by atoms with Gasteiger partial charge in [-0.3, -0.25) is 4.79 Å². The van der Waals surface area contributed by atoms with Gasteiger partial charge in [-0.2, -0.15) is 0 Å². The molecule has 0 bridgehead atoms. The molecule has 0 aromatic heterocycles. The second kappa shape index (κ2) is 7.04. The lowest BCUT2D eigenvalue weighted by Crippen LogP contribution is -2.39. The summed E-state index contributed by atoms with van der Waals surface area (Å²) in [5.74, 6) is -0.111. The number of benzene rings is 1. The molecule has 1 amide bonds. The summed E-state index contributed by atoms with van der Waals surface area (Å²) < 4.78 is 5.11. The van der Waals surface area contributed by atoms with E-state index in [0.717, 1.165) is 11.1 Å². The van der Waals surface area contributed by atoms with Gasteiger partial charge in [0.15, 0.2) is 0 Å². The van der Waals surface area contributed by atoms with Gasteiger partial charge in [0.2, 0.25) is 5.91 Å². The quantitative estimate of drug-likeness (QED) is 0.779. The maximum Gasteiger partial charge on any atom is 0.237 e. The first-order valence-electron chi connectivity index (χ1n) is 5.78. The SMILES string of the molecule is CC[C@@H](N)C(=O)NCc1ccccc1COC. The Kier molecular flexibility index (Phi) is 5.66. The largest absolute Gasteiger partial charge is 0.380 e. The molecule has 1 aromatic rings. The summed E-state index contributed by atoms with van der Waals surface area (Å²) in [5.41, 5.74) is 7.79. The normalized spacial score (nSPS) is 12.2. The maximum atomic E-state index is 11.5. The number of rotatable bonds is 6. The standard InChI is InChI=1S/C13H20N2O2/c1-3-12(14)13(16)15-8-10-6-4-5-7-11(10)9-17-2/h4-7,12H,3,8-9,14H2,1-2H3,(H,15,16)/t12-/m1/s1. The van der Waals surface area contributed by atoms with Gasteiger partial charge in [0.1, 0.15) is 0 Å². The lowest BCUT2D eigenvalue weighted by Gasteiger charge is -2.12. The fraction of sp³-hybridized carbons (Fsp3) is 0.462. The van der Waals surface area contributed by atoms with E-state index in [0.29, 0.717) is 19.6 Å². The van der Waals surface area contributed by atoms with Crippen molar-refractivity contribution in [2.75, 3.05) is 7.11 Å². The Labute approximate surface area is 102 Å². The number of nitrogens with two attached hydrogens (primary N) is 1. The van der Waals surface area contributed by atoms with Crippen LogP contribution in [0.25, 0.3) is 0 Å². The summed E-state index contributed by atoms with van der Waals surface area (Å²) in [4.78, 5) is 11.5. The number of hydrogen-bond acceptors (Lipinski definition) is 3. The first-order chi connectivity index (χ1) is 8.19. The summed E-state index contributed by atoms with van der Waals surface area (Å²) in [6.07, 6.45) is 0.644. The number of amides is 1. The van der Waals surface area contributed by atoms with E-state index in [2.05, 4.69) is 5.32 Å². The van der Waals surface area contributed by atoms with Gasteiger partial charge in [0, 0.05) is 13.7 Å². The second-order valence-electron chi connectivity index (χ2n) is 3.93. The minimum absolute atomic E-state index is 0.111. The van der Waals surface area contributed by atoms with E-state index < -0.39 is 6.04 Å². The summed E-state index contributed by atoms with van der Waals surface area (Å²) in [6, 6.07) is 7.44. The third-order valence-electron chi connectivity index (χ3n) is 2.65. The first-order valence-corrected chi connectivity index (χ1v) is 5.78. The molecule has 0 spiro atoms. The summed E-state index contributed by atoms with van der Waals surface area (Å²) >= 11 is 0. The van der Waals surface area contributed by atoms with Crippen molar-refractivity contribution in [2.45, 2.75) is 32.5 Å². The second-order valence-corrected chi connectivity index (χ2v) is 3.93. The van der Waals surface area contributed by atoms with Crippen molar-refractivity contribution in [2.24, 2.45) is 5.73 Å². The van der Waals surface area contributed by atoms with E-state index in [4.69, 9.17) is 10.5 Å². The zero-order valence-electron chi connectivity index (χ0n) is 10.4. The fourth-order valence-electron chi connectivity index (χ4n) is 1.53. The summed E-state index contributed by atoms with van der Waals surface area (Å²) in [6.45, 7) is 2.93. The molecule has 0 aliphatic rings. The molecule has 94 valence electrons. The fourth-order valence-corrected chi connectivity index (χ4v) is 1.53. The van der Waals surface area contributed by atoms with Gasteiger partial charge in [0.25, 0.3) is 0 Å². The van der Waals surface area contributed by atoms with Crippen molar-refractivity contribution in [1.82, 2.24) is 5.32 Å². The van der Waals surface area contributed by atoms with Crippen LogP contribution in [-0.4, -0.2) is 19.1 Å². The number of ether oxygens (including phenoxy) is 1. The van der Waals surface area contributed by atoms with Crippen LogP contribution in [0.5, 0.6) is 0 Å². The van der Waals surface area contributed by atoms with E-state index in [1.54, 1.807) is 7.11 Å². The predicted octanol–water partition coefficient (Wildman–Crippen LogP) is 1.19. The molecule has 1 aromatic carbocycles. The lowest BCUT2D eigenvalue weighted by molar-refractivity contribution is -0.122. The zero-order valence-corrected chi connectivity index (χ0v) is 10.4. The van der Waals surface area contributed by atoms with Crippen molar-refractivity contribution in [3.63, 3.8) is 0 Å². The van der Waals surface area contributed by atoms with Crippen LogP contribution in [0.3, 0.4) is 0 Å². The Morgan fingerprint density at radius 2 is 2.06 bits per heavy atom. The van der Waals surface area contributed by atoms with Crippen LogP contribution in [-0.2, 0) is 22.7 Å². The molecule has 0 fully saturated rings. The highest BCUT2D eigenvalue weighted by molar-refractivity contribution is 5.81. The van der Waals surface area contributed by atoms with Crippen LogP contribution in [0.1, 0.15) is 24.5 Å². The number of methoxy groups -OCH3 is 1. The van der Waals surface area contributed by atoms with Crippen LogP contribution < -0.4 is 11.1 Å². The third kappa shape index (κ3) is 4.17. The maximum absolute atomic E-state index is 11.5. The molecule has 17 heavy (non-hydrogen) atoms. The van der Waals surface area contributed by atoms with Gasteiger partial charge in [0.05, 0.1) is 12.6 Å². The first kappa shape index (κ1) is 13.7. The van der Waals surface area contributed by atoms with Crippen molar-refractivity contribution in [1.29, 1.82) is 0 Å². The average molecular weight is 236 g/mol. The molecule has 0 heterocycles. The molecule has 0 unspecified atom stereocenters. The Bertz CT molecular complexity index is 366. The molecule has 4 heteroatoms. The zero-order chi connectivity index (χ0) is 12.7. The highest BCUT2D eigenvalue weighted by Crippen LogP contribution is 2.09. The van der Waals surface area contributed by atoms with E-state index in [-0.39, 0.29) is 5.91 Å². The van der Waals surface area contributed by atoms with E-state index in [1.165, 1.54) is 0 Å². The van der Waals surface area contributed by atoms with Gasteiger partial charge >= 0.3 is 0 Å². The number of carbonyl (C=O) groups is 1. The molecule has 0 saturated heterocycles. The van der Waals surface area contributed by atoms with Crippen LogP contribution in [0.2, 0.25) is 0 Å². The Morgan fingerprint density at radius 3 is 2.65 bits per heavy atom. The summed E-state index contributed by atoms with van der Waals surface area (Å²) in [5, 5.41) is 2.83. The predicted molar refractivity (Wildman–Crippen MR) is 67.3 cm³/mol. The van der Waals surface area contributed by atoms with Gasteiger partial charge in [-0.05, 0) is 17.5 Å². The van der Waals surface area contributed by atoms with Crippen molar-refractivity contribution < 1.29 is 9.53 Å². The van der Waals surface area contributed by atoms with Crippen molar-refractivity contribution >= 4 is 5.91 Å². The third-order valence-corrected chi connectivity index (χ3v) is 2.65. The smallest absolute Gasteiger partial charge is 0.237 e. The van der Waals surface area contributed by atoms with Crippen molar-refractivity contribution in [3.05, 3.63) is 35.4 Å². The number of hydrogen-bond donors (Lipinski definition) is 2. The van der Waals surface area contributed by atoms with Gasteiger partial charge in [-0.1, -0.05) is 31.2 Å². The minimum Gasteiger partial charge on any atom is -0.380 e. The molecule has 1 atom stereocenters. The highest BCUT2D eigenvalue weighted by Gasteiger charge is 2.10. The monoisotopic (exact) mass is 236 g/mol. The van der Waals surface area contributed by atoms with Crippen LogP contribution in [0.4, 0.5) is 0 Å². The van der Waals surface area contributed by atoms with Crippen molar-refractivity contribution in [3.8, 4) is 0 Å². The molecule has 0 saturated carbocycles. The molecule has 3 N–H and O–H groups in total. The Morgan fingerprint density at radius 1 is 1.41 bits per heavy atom. The highest BCUT2D eigenvalue weighted by atomic mass is 16.5. The van der Waals surface area contributed by atoms with Crippen LogP contribution in [0.15, 0.2) is 24.3 Å². The molecule has 4 nitrogen and oxygen atoms in total. The lowest BCUT2D eigenvalue weighted by atomic mass is 10.1. The summed E-state index contributed by atoms with van der Waals surface area (Å²) in [7, 11) is 1.66. The molecule has 0 aliphatic heterocycles. The number of carbonyl (C=O) groups excluding carboxylic acids is 1. The van der Waals surface area contributed by atoms with E-state index in [1.807, 2.05) is 31.2 Å². The van der Waals surface area contributed by atoms with Gasteiger partial charge in [-0.15, -0.1) is 0 Å². The van der Waals surface area contributed by atoms with Crippen LogP contribution in [0, 0.1) is 0 Å². The topological polar surface area (TPSA) is 64.4 Å². The Hall–Kier alpha value is -1.39. The molecule has 0 aliphatic carbocycles. The van der Waals surface area contributed by atoms with Crippen LogP contribution >= 0.6 is 0 Å². The van der Waals surface area contributed by atoms with Gasteiger partial charge in [-0.25, -0.2) is 0 Å². The molecule has 0 radical (unpaired) electrons. The molecule has 1 rings (SSSR count). The van der Waals surface area contributed by atoms with E-state index in [9.17, 15) is 4.79 Å².